The maximum atomic E-state index is 10.5. The Morgan fingerprint density at radius 1 is 1.20 bits per heavy atom. The molecule has 0 amide bonds. The van der Waals surface area contributed by atoms with E-state index in [9.17, 15) is 4.79 Å². The van der Waals surface area contributed by atoms with Crippen molar-refractivity contribution in [1.82, 2.24) is 4.98 Å². The number of nitrogens with one attached hydrogen (secondary N) is 1. The summed E-state index contributed by atoms with van der Waals surface area (Å²) in [5.41, 5.74) is 2.40. The minimum absolute atomic E-state index is 0.566. The van der Waals surface area contributed by atoms with Crippen molar-refractivity contribution in [1.29, 1.82) is 0 Å². The fourth-order valence-electron chi connectivity index (χ4n) is 1.50. The molecule has 1 N–H and O–H groups in total. The minimum atomic E-state index is 0.566. The van der Waals surface area contributed by atoms with Crippen LogP contribution < -0.4 is 4.74 Å². The van der Waals surface area contributed by atoms with Crippen molar-refractivity contribution in [2.75, 3.05) is 7.11 Å². The molecule has 1 aromatic heterocycles. The summed E-state index contributed by atoms with van der Waals surface area (Å²) in [6.07, 6.45) is 0.791. The molecule has 2 aromatic rings. The zero-order valence-electron chi connectivity index (χ0n) is 8.36. The van der Waals surface area contributed by atoms with E-state index in [0.717, 1.165) is 23.3 Å². The largest absolute Gasteiger partial charge is 0.496 e. The van der Waals surface area contributed by atoms with Gasteiger partial charge in [-0.2, -0.15) is 0 Å². The SMILES string of the molecule is COc1ccccc1-c1ccc(C=O)[nH]1. The van der Waals surface area contributed by atoms with Crippen molar-refractivity contribution < 1.29 is 9.53 Å². The molecule has 0 saturated carbocycles. The van der Waals surface area contributed by atoms with Crippen molar-refractivity contribution in [3.63, 3.8) is 0 Å². The van der Waals surface area contributed by atoms with Gasteiger partial charge in [0.25, 0.3) is 0 Å². The van der Waals surface area contributed by atoms with E-state index in [1.54, 1.807) is 13.2 Å². The van der Waals surface area contributed by atoms with Crippen LogP contribution in [0.5, 0.6) is 5.75 Å². The second-order valence-electron chi connectivity index (χ2n) is 3.15. The van der Waals surface area contributed by atoms with E-state index in [1.807, 2.05) is 30.3 Å². The Kier molecular flexibility index (Phi) is 2.54. The number of rotatable bonds is 3. The lowest BCUT2D eigenvalue weighted by Gasteiger charge is -2.05. The number of benzene rings is 1. The van der Waals surface area contributed by atoms with Crippen LogP contribution in [0.15, 0.2) is 36.4 Å². The first-order valence-electron chi connectivity index (χ1n) is 4.62. The van der Waals surface area contributed by atoms with Crippen LogP contribution in [0.2, 0.25) is 0 Å². The minimum Gasteiger partial charge on any atom is -0.496 e. The van der Waals surface area contributed by atoms with E-state index in [1.165, 1.54) is 0 Å². The molecule has 0 unspecified atom stereocenters. The number of H-pyrrole nitrogens is 1. The highest BCUT2D eigenvalue weighted by atomic mass is 16.5. The van der Waals surface area contributed by atoms with Gasteiger partial charge in [0, 0.05) is 11.3 Å². The molecule has 1 aromatic carbocycles. The molecular weight excluding hydrogens is 190 g/mol. The number of aromatic amines is 1. The molecule has 0 aliphatic heterocycles. The Morgan fingerprint density at radius 3 is 2.67 bits per heavy atom. The number of hydrogen-bond acceptors (Lipinski definition) is 2. The summed E-state index contributed by atoms with van der Waals surface area (Å²) < 4.78 is 5.23. The van der Waals surface area contributed by atoms with Crippen LogP contribution in [-0.4, -0.2) is 18.4 Å². The number of methoxy groups -OCH3 is 1. The third kappa shape index (κ3) is 1.76. The average Bonchev–Trinajstić information content (AvgIpc) is 2.77. The van der Waals surface area contributed by atoms with Crippen LogP contribution in [0, 0.1) is 0 Å². The van der Waals surface area contributed by atoms with E-state index >= 15 is 0 Å². The van der Waals surface area contributed by atoms with Gasteiger partial charge in [-0.25, -0.2) is 0 Å². The van der Waals surface area contributed by atoms with Crippen molar-refractivity contribution in [2.24, 2.45) is 0 Å². The van der Waals surface area contributed by atoms with E-state index < -0.39 is 0 Å². The number of carbonyl (C=O) groups excluding carboxylic acids is 1. The predicted molar refractivity (Wildman–Crippen MR) is 58.2 cm³/mol. The number of para-hydroxylation sites is 1. The summed E-state index contributed by atoms with van der Waals surface area (Å²) in [4.78, 5) is 13.5. The average molecular weight is 201 g/mol. The van der Waals surface area contributed by atoms with Crippen molar-refractivity contribution >= 4 is 6.29 Å². The van der Waals surface area contributed by atoms with E-state index in [2.05, 4.69) is 4.98 Å². The second-order valence-corrected chi connectivity index (χ2v) is 3.15. The highest BCUT2D eigenvalue weighted by molar-refractivity contribution is 5.76. The summed E-state index contributed by atoms with van der Waals surface area (Å²) in [6, 6.07) is 11.3. The number of aldehydes is 1. The highest BCUT2D eigenvalue weighted by Crippen LogP contribution is 2.28. The third-order valence-electron chi connectivity index (χ3n) is 2.23. The molecule has 0 aliphatic rings. The van der Waals surface area contributed by atoms with Crippen molar-refractivity contribution in [2.45, 2.75) is 0 Å². The van der Waals surface area contributed by atoms with Gasteiger partial charge in [0.05, 0.1) is 12.8 Å². The Balaban J connectivity index is 2.48. The lowest BCUT2D eigenvalue weighted by atomic mass is 10.1. The molecule has 0 atom stereocenters. The van der Waals surface area contributed by atoms with Gasteiger partial charge in [-0.05, 0) is 24.3 Å². The number of carbonyl (C=O) groups is 1. The first-order chi connectivity index (χ1) is 7.35. The molecule has 0 aliphatic carbocycles. The van der Waals surface area contributed by atoms with E-state index in [4.69, 9.17) is 4.74 Å². The van der Waals surface area contributed by atoms with Crippen LogP contribution in [-0.2, 0) is 0 Å². The second kappa shape index (κ2) is 4.00. The van der Waals surface area contributed by atoms with Gasteiger partial charge in [-0.1, -0.05) is 12.1 Å². The Morgan fingerprint density at radius 2 is 2.00 bits per heavy atom. The topological polar surface area (TPSA) is 42.1 Å². The molecule has 15 heavy (non-hydrogen) atoms. The fraction of sp³-hybridized carbons (Fsp3) is 0.0833. The van der Waals surface area contributed by atoms with Crippen molar-refractivity contribution in [3.8, 4) is 17.0 Å². The van der Waals surface area contributed by atoms with Gasteiger partial charge in [-0.3, -0.25) is 4.79 Å². The zero-order valence-corrected chi connectivity index (χ0v) is 8.36. The highest BCUT2D eigenvalue weighted by Gasteiger charge is 2.06. The molecule has 3 nitrogen and oxygen atoms in total. The smallest absolute Gasteiger partial charge is 0.166 e. The van der Waals surface area contributed by atoms with Crippen LogP contribution in [0.4, 0.5) is 0 Å². The van der Waals surface area contributed by atoms with Crippen LogP contribution in [0.25, 0.3) is 11.3 Å². The number of hydrogen-bond donors (Lipinski definition) is 1. The maximum absolute atomic E-state index is 10.5. The van der Waals surface area contributed by atoms with Gasteiger partial charge in [-0.15, -0.1) is 0 Å². The Labute approximate surface area is 87.7 Å². The molecule has 0 bridgehead atoms. The van der Waals surface area contributed by atoms with Gasteiger partial charge in [0.1, 0.15) is 5.75 Å². The first-order valence-corrected chi connectivity index (χ1v) is 4.62. The fourth-order valence-corrected chi connectivity index (χ4v) is 1.50. The molecular formula is C12H11NO2. The molecule has 0 fully saturated rings. The molecule has 76 valence electrons. The van der Waals surface area contributed by atoms with E-state index in [0.29, 0.717) is 5.69 Å². The molecule has 1 heterocycles. The molecule has 2 rings (SSSR count). The van der Waals surface area contributed by atoms with Crippen molar-refractivity contribution in [3.05, 3.63) is 42.1 Å². The van der Waals surface area contributed by atoms with Crippen LogP contribution in [0.1, 0.15) is 10.5 Å². The monoisotopic (exact) mass is 201 g/mol. The first kappa shape index (κ1) is 9.52. The van der Waals surface area contributed by atoms with Crippen LogP contribution >= 0.6 is 0 Å². The summed E-state index contributed by atoms with van der Waals surface area (Å²) in [5.74, 6) is 0.789. The summed E-state index contributed by atoms with van der Waals surface area (Å²) in [5, 5.41) is 0. The predicted octanol–water partition coefficient (Wildman–Crippen LogP) is 2.50. The zero-order chi connectivity index (χ0) is 10.7. The van der Waals surface area contributed by atoms with Gasteiger partial charge in [0.15, 0.2) is 6.29 Å². The molecule has 3 heteroatoms. The third-order valence-corrected chi connectivity index (χ3v) is 2.23. The molecule has 0 saturated heterocycles. The van der Waals surface area contributed by atoms with E-state index in [-0.39, 0.29) is 0 Å². The van der Waals surface area contributed by atoms with Gasteiger partial charge in [0.2, 0.25) is 0 Å². The quantitative estimate of drug-likeness (QED) is 0.775. The molecule has 0 radical (unpaired) electrons. The molecule has 0 spiro atoms. The number of aromatic nitrogens is 1. The standard InChI is InChI=1S/C12H11NO2/c1-15-12-5-3-2-4-10(12)11-7-6-9(8-14)13-11/h2-8,13H,1H3. The summed E-state index contributed by atoms with van der Waals surface area (Å²) in [7, 11) is 1.63. The Hall–Kier alpha value is -2.03. The number of ether oxygens (including phenoxy) is 1. The maximum Gasteiger partial charge on any atom is 0.166 e. The van der Waals surface area contributed by atoms with Crippen LogP contribution in [0.3, 0.4) is 0 Å². The van der Waals surface area contributed by atoms with Gasteiger partial charge >= 0.3 is 0 Å². The van der Waals surface area contributed by atoms with Gasteiger partial charge < -0.3 is 9.72 Å². The normalized spacial score (nSPS) is 9.93. The lowest BCUT2D eigenvalue weighted by molar-refractivity contribution is 0.111. The lowest BCUT2D eigenvalue weighted by Crippen LogP contribution is -1.87. The Bertz CT molecular complexity index is 474. The summed E-state index contributed by atoms with van der Waals surface area (Å²) in [6.45, 7) is 0. The summed E-state index contributed by atoms with van der Waals surface area (Å²) >= 11 is 0.